The van der Waals surface area contributed by atoms with Gasteiger partial charge in [-0.05, 0) is 52.2 Å². The van der Waals surface area contributed by atoms with Crippen LogP contribution in [0.2, 0.25) is 24.2 Å². The molecule has 0 aliphatic heterocycles. The highest BCUT2D eigenvalue weighted by Gasteiger charge is 2.32. The van der Waals surface area contributed by atoms with Gasteiger partial charge in [0.1, 0.15) is 0 Å². The second-order valence-electron chi connectivity index (χ2n) is 7.28. The average Bonchev–Trinajstić information content (AvgIpc) is 2.34. The van der Waals surface area contributed by atoms with Crippen LogP contribution >= 0.6 is 0 Å². The molecule has 0 atom stereocenters. The van der Waals surface area contributed by atoms with Gasteiger partial charge in [0.15, 0.2) is 0 Å². The molecule has 0 saturated carbocycles. The van der Waals surface area contributed by atoms with Gasteiger partial charge in [0.25, 0.3) is 0 Å². The van der Waals surface area contributed by atoms with Crippen LogP contribution in [-0.2, 0) is 9.53 Å². The molecule has 0 fully saturated rings. The molecule has 130 valence electrons. The Morgan fingerprint density at radius 1 is 0.826 bits per heavy atom. The number of ether oxygens (including phenoxy) is 1. The van der Waals surface area contributed by atoms with Gasteiger partial charge in [-0.2, -0.15) is 0 Å². The van der Waals surface area contributed by atoms with Gasteiger partial charge >= 0.3 is 5.97 Å². The van der Waals surface area contributed by atoms with Crippen molar-refractivity contribution in [1.29, 1.82) is 0 Å². The molecular weight excluding hydrogens is 300 g/mol. The van der Waals surface area contributed by atoms with Gasteiger partial charge in [-0.25, -0.2) is 4.79 Å². The minimum absolute atomic E-state index is 0.292. The largest absolute Gasteiger partial charge is 0.462 e. The number of hydrogen-bond donors (Lipinski definition) is 0. The number of carbonyl (C=O) groups is 1. The molecule has 0 aromatic rings. The summed E-state index contributed by atoms with van der Waals surface area (Å²) >= 11 is 0. The molecule has 0 aromatic heterocycles. The first-order valence-electron chi connectivity index (χ1n) is 8.34. The van der Waals surface area contributed by atoms with Crippen molar-refractivity contribution in [3.05, 3.63) is 48.6 Å². The maximum absolute atomic E-state index is 11.4. The number of carbonyl (C=O) groups excluding carboxylic acids is 1. The van der Waals surface area contributed by atoms with Gasteiger partial charge in [-0.1, -0.05) is 35.8 Å². The SMILES string of the molecule is C=C(C)C[Si](CCCCOC(=O)C(=C)C)(CC(=C)C)CC(=C)C. The van der Waals surface area contributed by atoms with Crippen LogP contribution in [0.15, 0.2) is 48.6 Å². The van der Waals surface area contributed by atoms with Crippen molar-refractivity contribution >= 4 is 14.0 Å². The quantitative estimate of drug-likeness (QED) is 0.142. The Hall–Kier alpha value is -1.35. The molecule has 0 heterocycles. The van der Waals surface area contributed by atoms with Crippen LogP contribution in [0.4, 0.5) is 0 Å². The van der Waals surface area contributed by atoms with Crippen LogP contribution in [0.25, 0.3) is 0 Å². The lowest BCUT2D eigenvalue weighted by Gasteiger charge is -2.33. The summed E-state index contributed by atoms with van der Waals surface area (Å²) in [6, 6.07) is 4.57. The molecule has 0 N–H and O–H groups in total. The van der Waals surface area contributed by atoms with Crippen molar-refractivity contribution in [3.8, 4) is 0 Å². The Kier molecular flexibility index (Phi) is 9.81. The van der Waals surface area contributed by atoms with Crippen LogP contribution in [0.3, 0.4) is 0 Å². The summed E-state index contributed by atoms with van der Waals surface area (Å²) in [5.41, 5.74) is 4.23. The summed E-state index contributed by atoms with van der Waals surface area (Å²) in [6.07, 6.45) is 1.97. The molecule has 0 rings (SSSR count). The van der Waals surface area contributed by atoms with E-state index in [1.54, 1.807) is 6.92 Å². The number of unbranched alkanes of at least 4 members (excludes halogenated alkanes) is 1. The zero-order valence-electron chi connectivity index (χ0n) is 15.6. The van der Waals surface area contributed by atoms with E-state index in [2.05, 4.69) is 47.1 Å². The summed E-state index contributed by atoms with van der Waals surface area (Å²) in [5, 5.41) is 0. The molecular formula is C20H34O2Si. The van der Waals surface area contributed by atoms with E-state index in [0.717, 1.165) is 31.0 Å². The molecule has 0 unspecified atom stereocenters. The fraction of sp³-hybridized carbons (Fsp3) is 0.550. The first-order valence-corrected chi connectivity index (χ1v) is 11.2. The summed E-state index contributed by atoms with van der Waals surface area (Å²) in [7, 11) is -1.54. The van der Waals surface area contributed by atoms with Crippen LogP contribution in [0, 0.1) is 0 Å². The average molecular weight is 335 g/mol. The lowest BCUT2D eigenvalue weighted by atomic mass is 10.3. The minimum Gasteiger partial charge on any atom is -0.462 e. The fourth-order valence-corrected chi connectivity index (χ4v) is 9.01. The Morgan fingerprint density at radius 3 is 1.61 bits per heavy atom. The van der Waals surface area contributed by atoms with Crippen LogP contribution in [0.1, 0.15) is 40.5 Å². The molecule has 2 nitrogen and oxygen atoms in total. The lowest BCUT2D eigenvalue weighted by molar-refractivity contribution is -0.139. The summed E-state index contributed by atoms with van der Waals surface area (Å²) in [6.45, 7) is 24.5. The molecule has 0 bridgehead atoms. The smallest absolute Gasteiger partial charge is 0.333 e. The van der Waals surface area contributed by atoms with Crippen molar-refractivity contribution in [2.75, 3.05) is 6.61 Å². The standard InChI is InChI=1S/C20H34O2Si/c1-16(2)13-23(14-17(3)4,15-18(5)6)12-10-9-11-22-20(21)19(7)8/h1,3,5,7,9-15H2,2,4,6,8H3. The molecule has 0 aliphatic rings. The van der Waals surface area contributed by atoms with Crippen LogP contribution in [0.5, 0.6) is 0 Å². The van der Waals surface area contributed by atoms with Gasteiger partial charge in [0.05, 0.1) is 14.7 Å². The lowest BCUT2D eigenvalue weighted by Crippen LogP contribution is -2.34. The van der Waals surface area contributed by atoms with Crippen LogP contribution in [-0.4, -0.2) is 20.7 Å². The third-order valence-corrected chi connectivity index (χ3v) is 9.19. The van der Waals surface area contributed by atoms with Gasteiger partial charge in [0.2, 0.25) is 0 Å². The number of esters is 1. The maximum Gasteiger partial charge on any atom is 0.333 e. The maximum atomic E-state index is 11.4. The van der Waals surface area contributed by atoms with E-state index in [-0.39, 0.29) is 5.97 Å². The predicted octanol–water partition coefficient (Wildman–Crippen LogP) is 6.06. The van der Waals surface area contributed by atoms with E-state index in [9.17, 15) is 4.79 Å². The molecule has 0 radical (unpaired) electrons. The number of hydrogen-bond acceptors (Lipinski definition) is 2. The van der Waals surface area contributed by atoms with E-state index in [1.807, 2.05) is 0 Å². The van der Waals surface area contributed by atoms with E-state index < -0.39 is 8.07 Å². The zero-order valence-corrected chi connectivity index (χ0v) is 16.6. The van der Waals surface area contributed by atoms with Gasteiger partial charge in [0, 0.05) is 5.57 Å². The Morgan fingerprint density at radius 2 is 1.26 bits per heavy atom. The second kappa shape index (κ2) is 10.4. The van der Waals surface area contributed by atoms with Crippen LogP contribution < -0.4 is 0 Å². The summed E-state index contributed by atoms with van der Waals surface area (Å²) in [4.78, 5) is 11.4. The molecule has 0 aromatic carbocycles. The highest BCUT2D eigenvalue weighted by atomic mass is 28.3. The van der Waals surface area contributed by atoms with Crippen molar-refractivity contribution in [3.63, 3.8) is 0 Å². The van der Waals surface area contributed by atoms with E-state index >= 15 is 0 Å². The third kappa shape index (κ3) is 10.1. The zero-order chi connectivity index (χ0) is 18.0. The normalized spacial score (nSPS) is 11.0. The Bertz CT molecular complexity index is 433. The molecule has 0 saturated heterocycles. The molecule has 3 heteroatoms. The van der Waals surface area contributed by atoms with Crippen molar-refractivity contribution < 1.29 is 9.53 Å². The first-order chi connectivity index (χ1) is 10.6. The van der Waals surface area contributed by atoms with E-state index in [4.69, 9.17) is 4.74 Å². The van der Waals surface area contributed by atoms with Crippen molar-refractivity contribution in [1.82, 2.24) is 0 Å². The third-order valence-electron chi connectivity index (χ3n) is 3.71. The summed E-state index contributed by atoms with van der Waals surface area (Å²) in [5.74, 6) is -0.292. The number of allylic oxidation sites excluding steroid dienone is 3. The minimum atomic E-state index is -1.54. The fourth-order valence-electron chi connectivity index (χ4n) is 3.26. The highest BCUT2D eigenvalue weighted by molar-refractivity contribution is 6.81. The van der Waals surface area contributed by atoms with Gasteiger partial charge in [-0.15, -0.1) is 19.7 Å². The van der Waals surface area contributed by atoms with Crippen molar-refractivity contribution in [2.24, 2.45) is 0 Å². The second-order valence-corrected chi connectivity index (χ2v) is 11.8. The Balaban J connectivity index is 4.69. The monoisotopic (exact) mass is 334 g/mol. The van der Waals surface area contributed by atoms with Crippen molar-refractivity contribution in [2.45, 2.75) is 64.7 Å². The van der Waals surface area contributed by atoms with Gasteiger partial charge < -0.3 is 4.74 Å². The molecule has 0 amide bonds. The topological polar surface area (TPSA) is 26.3 Å². The van der Waals surface area contributed by atoms with Gasteiger partial charge in [-0.3, -0.25) is 0 Å². The molecule has 23 heavy (non-hydrogen) atoms. The molecule has 0 spiro atoms. The highest BCUT2D eigenvalue weighted by Crippen LogP contribution is 2.35. The van der Waals surface area contributed by atoms with E-state index in [0.29, 0.717) is 12.2 Å². The van der Waals surface area contributed by atoms with E-state index in [1.165, 1.54) is 22.8 Å². The molecule has 0 aliphatic carbocycles. The number of rotatable bonds is 12. The summed E-state index contributed by atoms with van der Waals surface area (Å²) < 4.78 is 5.19. The predicted molar refractivity (Wildman–Crippen MR) is 104 cm³/mol. The first kappa shape index (κ1) is 21.6. The Labute approximate surface area is 144 Å².